The van der Waals surface area contributed by atoms with Crippen LogP contribution in [0.1, 0.15) is 0 Å². The highest BCUT2D eigenvalue weighted by Gasteiger charge is 2.25. The number of allylic oxidation sites excluding steroid dienone is 4. The van der Waals surface area contributed by atoms with E-state index in [9.17, 15) is 0 Å². The molecule has 40 valence electrons. The van der Waals surface area contributed by atoms with Gasteiger partial charge in [-0.2, -0.15) is 0 Å². The number of hydrogen-bond donors (Lipinski definition) is 1. The Bertz CT molecular complexity index is 208. The molecule has 0 fully saturated rings. The first-order chi connectivity index (χ1) is 3.88. The van der Waals surface area contributed by atoms with Crippen LogP contribution in [-0.2, 0) is 0 Å². The molecule has 8 heavy (non-hydrogen) atoms. The molecule has 0 aromatic carbocycles. The fraction of sp³-hybridized carbons (Fsp3) is 0.143. The number of rotatable bonds is 0. The van der Waals surface area contributed by atoms with Crippen LogP contribution in [0.4, 0.5) is 0 Å². The van der Waals surface area contributed by atoms with E-state index in [4.69, 9.17) is 5.73 Å². The lowest BCUT2D eigenvalue weighted by Crippen LogP contribution is -2.02. The van der Waals surface area contributed by atoms with Crippen LogP contribution in [-0.4, -0.2) is 0 Å². The second-order valence-electron chi connectivity index (χ2n) is 2.17. The fourth-order valence-electron chi connectivity index (χ4n) is 0.966. The molecule has 2 rings (SSSR count). The second kappa shape index (κ2) is 1.05. The number of fused-ring (bicyclic) bond motifs is 1. The maximum Gasteiger partial charge on any atom is 0.0418 e. The van der Waals surface area contributed by atoms with Gasteiger partial charge in [0.15, 0.2) is 0 Å². The maximum absolute atomic E-state index is 5.58. The smallest absolute Gasteiger partial charge is 0.0418 e. The van der Waals surface area contributed by atoms with Gasteiger partial charge in [0, 0.05) is 11.6 Å². The van der Waals surface area contributed by atoms with E-state index in [-0.39, 0.29) is 0 Å². The molecule has 0 saturated carbocycles. The van der Waals surface area contributed by atoms with Gasteiger partial charge in [0.25, 0.3) is 0 Å². The van der Waals surface area contributed by atoms with Crippen LogP contribution in [0, 0.1) is 5.92 Å². The molecule has 0 saturated heterocycles. The standard InChI is InChI=1S/C7H7N/c8-7-3-1-2-5-4-6(5)7/h1-4,6H,8H2/t6-/m0/s1. The first kappa shape index (κ1) is 3.96. The predicted molar refractivity (Wildman–Crippen MR) is 33.0 cm³/mol. The van der Waals surface area contributed by atoms with Crippen LogP contribution in [0.2, 0.25) is 0 Å². The Morgan fingerprint density at radius 2 is 2.38 bits per heavy atom. The van der Waals surface area contributed by atoms with E-state index in [1.165, 1.54) is 5.57 Å². The zero-order chi connectivity index (χ0) is 5.56. The van der Waals surface area contributed by atoms with Gasteiger partial charge >= 0.3 is 0 Å². The first-order valence-corrected chi connectivity index (χ1v) is 2.73. The predicted octanol–water partition coefficient (Wildman–Crippen LogP) is 0.955. The van der Waals surface area contributed by atoms with E-state index in [1.807, 2.05) is 12.2 Å². The van der Waals surface area contributed by atoms with Gasteiger partial charge in [0.2, 0.25) is 0 Å². The molecule has 0 amide bonds. The van der Waals surface area contributed by atoms with Crippen molar-refractivity contribution < 1.29 is 0 Å². The highest BCUT2D eigenvalue weighted by molar-refractivity contribution is 5.51. The lowest BCUT2D eigenvalue weighted by molar-refractivity contribution is 1.03. The van der Waals surface area contributed by atoms with Crippen LogP contribution in [0.3, 0.4) is 0 Å². The number of hydrogen-bond acceptors (Lipinski definition) is 1. The van der Waals surface area contributed by atoms with Crippen molar-refractivity contribution in [2.24, 2.45) is 11.7 Å². The normalized spacial score (nSPS) is 30.8. The van der Waals surface area contributed by atoms with Crippen molar-refractivity contribution in [2.75, 3.05) is 0 Å². The Morgan fingerprint density at radius 1 is 1.50 bits per heavy atom. The van der Waals surface area contributed by atoms with Crippen LogP contribution < -0.4 is 5.73 Å². The molecule has 0 unspecified atom stereocenters. The van der Waals surface area contributed by atoms with Crippen LogP contribution in [0.25, 0.3) is 0 Å². The van der Waals surface area contributed by atoms with Gasteiger partial charge in [-0.05, 0) is 11.6 Å². The monoisotopic (exact) mass is 105 g/mol. The van der Waals surface area contributed by atoms with Gasteiger partial charge in [-0.25, -0.2) is 0 Å². The lowest BCUT2D eigenvalue weighted by atomic mass is 10.1. The number of nitrogens with two attached hydrogens (primary N) is 1. The maximum atomic E-state index is 5.58. The van der Waals surface area contributed by atoms with Crippen LogP contribution in [0.15, 0.2) is 35.6 Å². The molecule has 1 atom stereocenters. The Kier molecular flexibility index (Phi) is 0.519. The average molecular weight is 105 g/mol. The molecule has 0 aromatic rings. The van der Waals surface area contributed by atoms with Crippen molar-refractivity contribution in [1.29, 1.82) is 0 Å². The molecule has 2 aliphatic rings. The summed E-state index contributed by atoms with van der Waals surface area (Å²) in [5, 5.41) is 0. The highest BCUT2D eigenvalue weighted by atomic mass is 14.6. The SMILES string of the molecule is NC1=CC=CC2=C[C@H]12. The van der Waals surface area contributed by atoms with Gasteiger partial charge in [-0.15, -0.1) is 0 Å². The molecule has 0 aliphatic heterocycles. The minimum atomic E-state index is 0.514. The molecule has 2 N–H and O–H groups in total. The third-order valence-corrected chi connectivity index (χ3v) is 1.55. The molecule has 2 aliphatic carbocycles. The van der Waals surface area contributed by atoms with Gasteiger partial charge in [-0.3, -0.25) is 0 Å². The average Bonchev–Trinajstić information content (AvgIpc) is 2.45. The molecular formula is C7H7N. The molecular weight excluding hydrogens is 98.1 g/mol. The van der Waals surface area contributed by atoms with Gasteiger partial charge in [0.05, 0.1) is 0 Å². The van der Waals surface area contributed by atoms with Crippen LogP contribution >= 0.6 is 0 Å². The van der Waals surface area contributed by atoms with Crippen molar-refractivity contribution in [3.05, 3.63) is 35.6 Å². The van der Waals surface area contributed by atoms with E-state index in [1.54, 1.807) is 0 Å². The molecule has 1 nitrogen and oxygen atoms in total. The summed E-state index contributed by atoms with van der Waals surface area (Å²) in [6.45, 7) is 0. The summed E-state index contributed by atoms with van der Waals surface area (Å²) in [5.41, 5.74) is 7.95. The third kappa shape index (κ3) is 0.360. The Morgan fingerprint density at radius 3 is 3.00 bits per heavy atom. The second-order valence-corrected chi connectivity index (χ2v) is 2.17. The largest absolute Gasteiger partial charge is 0.401 e. The molecule has 0 spiro atoms. The topological polar surface area (TPSA) is 26.0 Å². The Labute approximate surface area is 48.2 Å². The molecule has 0 aromatic heterocycles. The zero-order valence-electron chi connectivity index (χ0n) is 4.46. The quantitative estimate of drug-likeness (QED) is 0.487. The zero-order valence-corrected chi connectivity index (χ0v) is 4.46. The summed E-state index contributed by atoms with van der Waals surface area (Å²) in [7, 11) is 0. The van der Waals surface area contributed by atoms with Gasteiger partial charge in [0.1, 0.15) is 0 Å². The summed E-state index contributed by atoms with van der Waals surface area (Å²) in [5.74, 6) is 0.514. The van der Waals surface area contributed by atoms with Crippen molar-refractivity contribution in [2.45, 2.75) is 0 Å². The summed E-state index contributed by atoms with van der Waals surface area (Å²) in [6.07, 6.45) is 8.21. The lowest BCUT2D eigenvalue weighted by Gasteiger charge is -1.99. The third-order valence-electron chi connectivity index (χ3n) is 1.55. The van der Waals surface area contributed by atoms with Crippen LogP contribution in [0.5, 0.6) is 0 Å². The minimum absolute atomic E-state index is 0.514. The van der Waals surface area contributed by atoms with Gasteiger partial charge in [-0.1, -0.05) is 18.2 Å². The summed E-state index contributed by atoms with van der Waals surface area (Å²) < 4.78 is 0. The molecule has 0 bridgehead atoms. The van der Waals surface area contributed by atoms with Gasteiger partial charge < -0.3 is 5.73 Å². The van der Waals surface area contributed by atoms with E-state index in [0.717, 1.165) is 5.70 Å². The molecule has 1 heteroatoms. The molecule has 0 radical (unpaired) electrons. The fourth-order valence-corrected chi connectivity index (χ4v) is 0.966. The van der Waals surface area contributed by atoms with E-state index in [2.05, 4.69) is 12.2 Å². The van der Waals surface area contributed by atoms with Crippen molar-refractivity contribution in [3.63, 3.8) is 0 Å². The van der Waals surface area contributed by atoms with Crippen molar-refractivity contribution in [3.8, 4) is 0 Å². The Hall–Kier alpha value is -0.980. The Balaban J connectivity index is 2.37. The summed E-state index contributed by atoms with van der Waals surface area (Å²) in [4.78, 5) is 0. The van der Waals surface area contributed by atoms with E-state index < -0.39 is 0 Å². The minimum Gasteiger partial charge on any atom is -0.401 e. The van der Waals surface area contributed by atoms with Crippen molar-refractivity contribution >= 4 is 0 Å². The summed E-state index contributed by atoms with van der Waals surface area (Å²) in [6, 6.07) is 0. The van der Waals surface area contributed by atoms with E-state index in [0.29, 0.717) is 5.92 Å². The highest BCUT2D eigenvalue weighted by Crippen LogP contribution is 2.36. The van der Waals surface area contributed by atoms with E-state index >= 15 is 0 Å². The summed E-state index contributed by atoms with van der Waals surface area (Å²) >= 11 is 0. The van der Waals surface area contributed by atoms with Crippen molar-refractivity contribution in [1.82, 2.24) is 0 Å². The molecule has 0 heterocycles. The first-order valence-electron chi connectivity index (χ1n) is 2.73.